The van der Waals surface area contributed by atoms with Gasteiger partial charge in [0, 0.05) is 16.6 Å². The minimum Gasteiger partial charge on any atom is -0.480 e. The zero-order valence-corrected chi connectivity index (χ0v) is 10.7. The molecule has 0 radical (unpaired) electrons. The number of hydrogen-bond donors (Lipinski definition) is 2. The number of aliphatic carboxylic acids is 1. The van der Waals surface area contributed by atoms with E-state index in [9.17, 15) is 9.18 Å². The fraction of sp³-hybridized carbons (Fsp3) is 0.417. The molecule has 5 heteroatoms. The zero-order valence-electron chi connectivity index (χ0n) is 9.12. The van der Waals surface area contributed by atoms with E-state index < -0.39 is 12.0 Å². The molecule has 0 spiro atoms. The van der Waals surface area contributed by atoms with E-state index in [0.717, 1.165) is 17.3 Å². The third-order valence-corrected chi connectivity index (χ3v) is 3.37. The molecule has 92 valence electrons. The van der Waals surface area contributed by atoms with E-state index in [1.807, 2.05) is 0 Å². The fourth-order valence-electron chi connectivity index (χ4n) is 1.78. The van der Waals surface area contributed by atoms with Gasteiger partial charge in [0.15, 0.2) is 0 Å². The maximum atomic E-state index is 13.4. The SMILES string of the molecule is O=C(O)C(NCc1cc(Br)ccc1F)C1CC1. The molecule has 2 N–H and O–H groups in total. The Bertz CT molecular complexity index is 435. The Morgan fingerprint density at radius 1 is 1.59 bits per heavy atom. The quantitative estimate of drug-likeness (QED) is 0.879. The van der Waals surface area contributed by atoms with Gasteiger partial charge in [0.1, 0.15) is 11.9 Å². The van der Waals surface area contributed by atoms with E-state index in [2.05, 4.69) is 21.2 Å². The highest BCUT2D eigenvalue weighted by molar-refractivity contribution is 9.10. The predicted octanol–water partition coefficient (Wildman–Crippen LogP) is 2.54. The Balaban J connectivity index is 2.00. The van der Waals surface area contributed by atoms with Crippen molar-refractivity contribution in [3.05, 3.63) is 34.1 Å². The molecular weight excluding hydrogens is 289 g/mol. The van der Waals surface area contributed by atoms with E-state index in [-0.39, 0.29) is 18.3 Å². The number of benzene rings is 1. The molecule has 1 unspecified atom stereocenters. The van der Waals surface area contributed by atoms with Crippen molar-refractivity contribution in [1.82, 2.24) is 5.32 Å². The van der Waals surface area contributed by atoms with Gasteiger partial charge in [-0.2, -0.15) is 0 Å². The topological polar surface area (TPSA) is 49.3 Å². The first-order chi connectivity index (χ1) is 8.08. The van der Waals surface area contributed by atoms with Gasteiger partial charge in [0.25, 0.3) is 0 Å². The molecular formula is C12H13BrFNO2. The van der Waals surface area contributed by atoms with Crippen LogP contribution in [0.1, 0.15) is 18.4 Å². The van der Waals surface area contributed by atoms with Crippen LogP contribution < -0.4 is 5.32 Å². The van der Waals surface area contributed by atoms with Gasteiger partial charge in [0.05, 0.1) is 0 Å². The minimum atomic E-state index is -0.858. The second kappa shape index (κ2) is 5.14. The van der Waals surface area contributed by atoms with Crippen molar-refractivity contribution in [2.24, 2.45) is 5.92 Å². The molecule has 0 heterocycles. The maximum Gasteiger partial charge on any atom is 0.320 e. The second-order valence-corrected chi connectivity index (χ2v) is 5.19. The molecule has 1 aliphatic rings. The first-order valence-electron chi connectivity index (χ1n) is 5.48. The Hall–Kier alpha value is -0.940. The maximum absolute atomic E-state index is 13.4. The highest BCUT2D eigenvalue weighted by atomic mass is 79.9. The van der Waals surface area contributed by atoms with Crippen LogP contribution in [-0.2, 0) is 11.3 Å². The molecule has 3 nitrogen and oxygen atoms in total. The molecule has 0 saturated heterocycles. The van der Waals surface area contributed by atoms with Gasteiger partial charge in [-0.15, -0.1) is 0 Å². The van der Waals surface area contributed by atoms with Crippen molar-refractivity contribution in [2.45, 2.75) is 25.4 Å². The number of halogens is 2. The van der Waals surface area contributed by atoms with Gasteiger partial charge in [-0.05, 0) is 37.0 Å². The normalized spacial score (nSPS) is 16.8. The van der Waals surface area contributed by atoms with Crippen molar-refractivity contribution < 1.29 is 14.3 Å². The summed E-state index contributed by atoms with van der Waals surface area (Å²) in [6.07, 6.45) is 1.87. The number of carbonyl (C=O) groups is 1. The lowest BCUT2D eigenvalue weighted by Crippen LogP contribution is -2.38. The largest absolute Gasteiger partial charge is 0.480 e. The molecule has 1 atom stereocenters. The molecule has 0 aromatic heterocycles. The summed E-state index contributed by atoms with van der Waals surface area (Å²) in [5, 5.41) is 11.9. The van der Waals surface area contributed by atoms with Gasteiger partial charge in [-0.1, -0.05) is 15.9 Å². The highest BCUT2D eigenvalue weighted by Gasteiger charge is 2.35. The predicted molar refractivity (Wildman–Crippen MR) is 65.1 cm³/mol. The summed E-state index contributed by atoms with van der Waals surface area (Å²) in [4.78, 5) is 11.0. The van der Waals surface area contributed by atoms with E-state index in [1.54, 1.807) is 12.1 Å². The molecule has 1 aromatic rings. The van der Waals surface area contributed by atoms with Gasteiger partial charge < -0.3 is 5.11 Å². The van der Waals surface area contributed by atoms with Gasteiger partial charge >= 0.3 is 5.97 Å². The van der Waals surface area contributed by atoms with E-state index >= 15 is 0 Å². The average Bonchev–Trinajstić information content (AvgIpc) is 3.07. The van der Waals surface area contributed by atoms with Crippen LogP contribution in [0, 0.1) is 11.7 Å². The molecule has 0 aliphatic heterocycles. The van der Waals surface area contributed by atoms with Crippen LogP contribution in [0.3, 0.4) is 0 Å². The first kappa shape index (κ1) is 12.5. The highest BCUT2D eigenvalue weighted by Crippen LogP contribution is 2.33. The van der Waals surface area contributed by atoms with Crippen molar-refractivity contribution in [1.29, 1.82) is 0 Å². The van der Waals surface area contributed by atoms with E-state index in [4.69, 9.17) is 5.11 Å². The van der Waals surface area contributed by atoms with Crippen LogP contribution in [0.15, 0.2) is 22.7 Å². The molecule has 0 amide bonds. The van der Waals surface area contributed by atoms with Crippen LogP contribution in [0.5, 0.6) is 0 Å². The molecule has 1 fully saturated rings. The van der Waals surface area contributed by atoms with Crippen molar-refractivity contribution in [3.8, 4) is 0 Å². The van der Waals surface area contributed by atoms with E-state index in [1.165, 1.54) is 6.07 Å². The fourth-order valence-corrected chi connectivity index (χ4v) is 2.19. The van der Waals surface area contributed by atoms with E-state index in [0.29, 0.717) is 5.56 Å². The third kappa shape index (κ3) is 3.26. The summed E-state index contributed by atoms with van der Waals surface area (Å²) in [7, 11) is 0. The van der Waals surface area contributed by atoms with Gasteiger partial charge in [-0.3, -0.25) is 10.1 Å². The zero-order chi connectivity index (χ0) is 12.4. The van der Waals surface area contributed by atoms with Crippen LogP contribution in [0.2, 0.25) is 0 Å². The van der Waals surface area contributed by atoms with Crippen molar-refractivity contribution in [3.63, 3.8) is 0 Å². The van der Waals surface area contributed by atoms with Crippen LogP contribution in [0.25, 0.3) is 0 Å². The van der Waals surface area contributed by atoms with Gasteiger partial charge in [-0.25, -0.2) is 4.39 Å². The smallest absolute Gasteiger partial charge is 0.320 e. The minimum absolute atomic E-state index is 0.197. The van der Waals surface area contributed by atoms with Crippen molar-refractivity contribution in [2.75, 3.05) is 0 Å². The lowest BCUT2D eigenvalue weighted by Gasteiger charge is -2.13. The Morgan fingerprint density at radius 3 is 2.88 bits per heavy atom. The van der Waals surface area contributed by atoms with Gasteiger partial charge in [0.2, 0.25) is 0 Å². The molecule has 17 heavy (non-hydrogen) atoms. The molecule has 1 saturated carbocycles. The summed E-state index contributed by atoms with van der Waals surface area (Å²) in [5.41, 5.74) is 0.478. The third-order valence-electron chi connectivity index (χ3n) is 2.88. The average molecular weight is 302 g/mol. The summed E-state index contributed by atoms with van der Waals surface area (Å²) < 4.78 is 14.2. The summed E-state index contributed by atoms with van der Waals surface area (Å²) in [6.45, 7) is 0.235. The summed E-state index contributed by atoms with van der Waals surface area (Å²) in [6, 6.07) is 4.09. The summed E-state index contributed by atoms with van der Waals surface area (Å²) in [5.74, 6) is -0.980. The molecule has 2 rings (SSSR count). The number of hydrogen-bond acceptors (Lipinski definition) is 2. The second-order valence-electron chi connectivity index (χ2n) is 4.27. The molecule has 0 bridgehead atoms. The lowest BCUT2D eigenvalue weighted by atomic mass is 10.1. The first-order valence-corrected chi connectivity index (χ1v) is 6.27. The lowest BCUT2D eigenvalue weighted by molar-refractivity contribution is -0.140. The van der Waals surface area contributed by atoms with Crippen LogP contribution in [-0.4, -0.2) is 17.1 Å². The standard InChI is InChI=1S/C12H13BrFNO2/c13-9-3-4-10(14)8(5-9)6-15-11(12(16)17)7-1-2-7/h3-5,7,11,15H,1-2,6H2,(H,16,17). The summed E-state index contributed by atoms with van der Waals surface area (Å²) >= 11 is 3.26. The van der Waals surface area contributed by atoms with Crippen molar-refractivity contribution >= 4 is 21.9 Å². The Morgan fingerprint density at radius 2 is 2.29 bits per heavy atom. The number of nitrogens with one attached hydrogen (secondary N) is 1. The number of rotatable bonds is 5. The monoisotopic (exact) mass is 301 g/mol. The Kier molecular flexibility index (Phi) is 3.79. The molecule has 1 aliphatic carbocycles. The number of carboxylic acids is 1. The van der Waals surface area contributed by atoms with Crippen LogP contribution >= 0.6 is 15.9 Å². The number of carboxylic acid groups (broad SMARTS) is 1. The molecule has 1 aromatic carbocycles. The Labute approximate surface area is 107 Å². The van der Waals surface area contributed by atoms with Crippen LogP contribution in [0.4, 0.5) is 4.39 Å².